The lowest BCUT2D eigenvalue weighted by Crippen LogP contribution is -2.02. The van der Waals surface area contributed by atoms with Crippen molar-refractivity contribution in [2.24, 2.45) is 0 Å². The first-order valence-electron chi connectivity index (χ1n) is 48.4. The average Bonchev–Trinajstić information content (AvgIpc) is 1.59. The fourth-order valence-electron chi connectivity index (χ4n) is 23.2. The molecule has 0 saturated heterocycles. The summed E-state index contributed by atoms with van der Waals surface area (Å²) in [6.45, 7) is 24.5. The number of fused-ring (bicyclic) bond motifs is 29. The van der Waals surface area contributed by atoms with E-state index in [0.29, 0.717) is 45.1 Å². The van der Waals surface area contributed by atoms with Crippen LogP contribution in [0.15, 0.2) is 450 Å². The minimum absolute atomic E-state index is 0.335. The smallest absolute Gasteiger partial charge is 0.218 e. The number of aromatic nitrogens is 6. The zero-order chi connectivity index (χ0) is 97.9. The van der Waals surface area contributed by atoms with E-state index >= 15 is 0 Å². The molecular formula is C132H72N12O3. The maximum atomic E-state index is 10.6. The van der Waals surface area contributed by atoms with Gasteiger partial charge >= 0.3 is 0 Å². The third-order valence-corrected chi connectivity index (χ3v) is 29.3. The summed E-state index contributed by atoms with van der Waals surface area (Å²) >= 11 is 0. The van der Waals surface area contributed by atoms with Crippen LogP contribution in [0.3, 0.4) is 0 Å². The van der Waals surface area contributed by atoms with Gasteiger partial charge in [0.1, 0.15) is 34.0 Å². The van der Waals surface area contributed by atoms with Crippen LogP contribution in [0, 0.1) is 53.7 Å². The highest BCUT2D eigenvalue weighted by molar-refractivity contribution is 6.26. The largest absolute Gasteiger partial charge is 0.456 e. The summed E-state index contributed by atoms with van der Waals surface area (Å²) in [4.78, 5) is 11.8. The molecule has 0 bridgehead atoms. The summed E-state index contributed by atoms with van der Waals surface area (Å²) in [6.07, 6.45) is 0. The third kappa shape index (κ3) is 12.6. The van der Waals surface area contributed by atoms with Crippen molar-refractivity contribution in [3.63, 3.8) is 0 Å². The van der Waals surface area contributed by atoms with E-state index in [4.69, 9.17) is 33.0 Å². The maximum Gasteiger partial charge on any atom is 0.218 e. The number of furan rings is 3. The summed E-state index contributed by atoms with van der Waals surface area (Å²) in [5.41, 5.74) is 30.0. The Bertz CT molecular complexity index is 11100. The fourth-order valence-corrected chi connectivity index (χ4v) is 23.2. The zero-order valence-corrected chi connectivity index (χ0v) is 78.2. The second-order valence-electron chi connectivity index (χ2n) is 36.9. The van der Waals surface area contributed by atoms with Crippen LogP contribution in [0.1, 0.15) is 16.7 Å². The Morgan fingerprint density at radius 2 is 0.612 bits per heavy atom. The molecule has 678 valence electrons. The molecule has 147 heavy (non-hydrogen) atoms. The topological polar surface area (TPSA) is 153 Å². The molecule has 0 saturated carbocycles. The van der Waals surface area contributed by atoms with E-state index in [1.165, 1.54) is 0 Å². The molecule has 0 aliphatic rings. The summed E-state index contributed by atoms with van der Waals surface area (Å²) in [5, 5.41) is 51.4. The predicted octanol–water partition coefficient (Wildman–Crippen LogP) is 35.6. The van der Waals surface area contributed by atoms with E-state index in [1.807, 2.05) is 170 Å². The Kier molecular flexibility index (Phi) is 19.0. The normalized spacial score (nSPS) is 11.6. The van der Waals surface area contributed by atoms with Gasteiger partial charge < -0.3 is 40.7 Å². The first kappa shape index (κ1) is 83.9. The Morgan fingerprint density at radius 3 is 1.16 bits per heavy atom. The van der Waals surface area contributed by atoms with E-state index in [1.54, 1.807) is 18.2 Å². The van der Waals surface area contributed by atoms with Gasteiger partial charge in [0.05, 0.1) is 137 Å². The summed E-state index contributed by atoms with van der Waals surface area (Å²) in [5.74, 6) is 0. The number of hydrogen-bond acceptors (Lipinski definition) is 6. The molecule has 9 heterocycles. The standard InChI is InChI=1S/3C44H24N4O/c1-45-36-25-24-29(42(41(36)46-2)48-38-19-8-3-14-30(38)31-15-4-9-20-39(31)48)27-12-11-13-28(26-27)47-37-18-7-5-16-32(37)34-22-23-35-33-17-6-10-21-40(33)49-44(35)43(34)47;1-46-35-23-21-28(26-45)41(44(35)48-37-18-7-2-13-30(37)31-14-3-8-19-38(31)48)27-11-10-12-29(25-27)47-36-17-6-4-15-32(36)33-22-24-40-42(43(33)47)34-16-5-9-20-39(34)49-40;45-25-28-21-20-27(44-29(26-46)10-9-18-39(44)47-36-15-5-1-11-30(36)31-12-2-6-16-37(31)47)22-40(28)48-38-17-7-3-13-32(38)34-23-35-33-14-4-8-19-42(33)49-43(35)24-41(34)48/h3-26H;2-25H;1-24H. The van der Waals surface area contributed by atoms with Gasteiger partial charge in [-0.3, -0.25) is 4.85 Å². The molecule has 30 rings (SSSR count). The number of nitrogens with zero attached hydrogens (tertiary/aromatic N) is 12. The molecule has 0 N–H and O–H groups in total. The molecular weight excluding hydrogens is 1800 g/mol. The molecule has 0 atom stereocenters. The minimum atomic E-state index is 0.335. The van der Waals surface area contributed by atoms with Crippen LogP contribution in [0.2, 0.25) is 0 Å². The van der Waals surface area contributed by atoms with Crippen molar-refractivity contribution in [1.29, 1.82) is 15.8 Å². The number of nitriles is 3. The van der Waals surface area contributed by atoms with Gasteiger partial charge in [-0.25, -0.2) is 9.69 Å². The van der Waals surface area contributed by atoms with Gasteiger partial charge in [0.25, 0.3) is 0 Å². The summed E-state index contributed by atoms with van der Waals surface area (Å²) in [7, 11) is 0. The first-order valence-corrected chi connectivity index (χ1v) is 48.4. The Balaban J connectivity index is 0.000000107. The predicted molar refractivity (Wildman–Crippen MR) is 596 cm³/mol. The Morgan fingerprint density at radius 1 is 0.218 bits per heavy atom. The fraction of sp³-hybridized carbons (Fsp3) is 0. The number of para-hydroxylation sites is 12. The molecule has 0 aliphatic carbocycles. The van der Waals surface area contributed by atoms with Crippen LogP contribution in [-0.4, -0.2) is 27.4 Å². The van der Waals surface area contributed by atoms with Gasteiger partial charge in [0.15, 0.2) is 11.3 Å². The van der Waals surface area contributed by atoms with Crippen LogP contribution in [0.5, 0.6) is 0 Å². The van der Waals surface area contributed by atoms with Gasteiger partial charge in [-0.2, -0.15) is 15.8 Å². The number of benzene rings is 21. The summed E-state index contributed by atoms with van der Waals surface area (Å²) in [6, 6.07) is 156. The highest BCUT2D eigenvalue weighted by Gasteiger charge is 2.30. The molecule has 0 spiro atoms. The average molecular weight is 1870 g/mol. The minimum Gasteiger partial charge on any atom is -0.456 e. The zero-order valence-electron chi connectivity index (χ0n) is 78.2. The van der Waals surface area contributed by atoms with Gasteiger partial charge in [0.2, 0.25) is 11.4 Å². The van der Waals surface area contributed by atoms with E-state index in [0.717, 1.165) is 253 Å². The van der Waals surface area contributed by atoms with Crippen LogP contribution < -0.4 is 0 Å². The van der Waals surface area contributed by atoms with E-state index < -0.39 is 0 Å². The molecule has 9 aromatic heterocycles. The van der Waals surface area contributed by atoms with E-state index in [9.17, 15) is 15.8 Å². The number of rotatable bonds is 9. The molecule has 0 aliphatic heterocycles. The molecule has 0 fully saturated rings. The third-order valence-electron chi connectivity index (χ3n) is 29.3. The Labute approximate surface area is 837 Å². The van der Waals surface area contributed by atoms with Crippen molar-refractivity contribution in [3.05, 3.63) is 488 Å². The van der Waals surface area contributed by atoms with Crippen molar-refractivity contribution < 1.29 is 13.3 Å². The van der Waals surface area contributed by atoms with Crippen molar-refractivity contribution in [1.82, 2.24) is 27.4 Å². The second-order valence-corrected chi connectivity index (χ2v) is 36.9. The lowest BCUT2D eigenvalue weighted by Gasteiger charge is -2.18. The molecule has 21 aromatic carbocycles. The molecule has 30 aromatic rings. The molecule has 15 nitrogen and oxygen atoms in total. The monoisotopic (exact) mass is 1870 g/mol. The Hall–Kier alpha value is -21.2. The van der Waals surface area contributed by atoms with Crippen molar-refractivity contribution in [2.45, 2.75) is 0 Å². The SMILES string of the molecule is N#Cc1ccc(-c2c(C#N)cccc2-n2c3ccccc3c3ccccc32)cc1-n1c2ccccc2c2cc3c(cc21)oc1ccccc13.[C-]#[N+]c1ccc(-c2cccc(-n3c4ccccc4c4ccc5c6ccccc6oc5c43)c2)c(-n2c3ccccc3c3ccccc32)c1[N+]#[C-].[C-]#[N+]c1ccc(C#N)c(-c2cccc(-n3c4ccccc4c4ccc5oc6ccccc6c5c43)c2)c1-n1c2ccccc2c2ccccc21. The van der Waals surface area contributed by atoms with Crippen LogP contribution in [0.4, 0.5) is 17.1 Å². The quantitative estimate of drug-likeness (QED) is 0.131. The number of hydrogen-bond donors (Lipinski definition) is 0. The van der Waals surface area contributed by atoms with Gasteiger partial charge in [-0.1, -0.05) is 285 Å². The van der Waals surface area contributed by atoms with Crippen molar-refractivity contribution in [3.8, 4) is 85.7 Å². The maximum absolute atomic E-state index is 10.6. The molecule has 0 radical (unpaired) electrons. The second kappa shape index (κ2) is 33.2. The molecule has 0 unspecified atom stereocenters. The van der Waals surface area contributed by atoms with E-state index in [-0.39, 0.29) is 0 Å². The van der Waals surface area contributed by atoms with Gasteiger partial charge in [-0.15, -0.1) is 0 Å². The highest BCUT2D eigenvalue weighted by atomic mass is 16.3. The summed E-state index contributed by atoms with van der Waals surface area (Å²) < 4.78 is 32.6. The van der Waals surface area contributed by atoms with Crippen LogP contribution in [-0.2, 0) is 0 Å². The molecule has 15 heteroatoms. The lowest BCUT2D eigenvalue weighted by molar-refractivity contribution is 0.669. The first-order chi connectivity index (χ1) is 72.7. The highest BCUT2D eigenvalue weighted by Crippen LogP contribution is 2.52. The van der Waals surface area contributed by atoms with Crippen molar-refractivity contribution in [2.75, 3.05) is 0 Å². The van der Waals surface area contributed by atoms with Crippen molar-refractivity contribution >= 4 is 214 Å². The van der Waals surface area contributed by atoms with Gasteiger partial charge in [-0.05, 0) is 168 Å². The van der Waals surface area contributed by atoms with Crippen LogP contribution >= 0.6 is 0 Å². The van der Waals surface area contributed by atoms with Gasteiger partial charge in [0, 0.05) is 126 Å². The molecule has 0 amide bonds. The van der Waals surface area contributed by atoms with Crippen LogP contribution in [0.25, 0.3) is 279 Å². The van der Waals surface area contributed by atoms with E-state index in [2.05, 4.69) is 309 Å². The lowest BCUT2D eigenvalue weighted by atomic mass is 9.96.